The van der Waals surface area contributed by atoms with Crippen molar-refractivity contribution < 1.29 is 18.4 Å². The minimum Gasteiger partial charge on any atom is -0.472 e. The SMILES string of the molecule is CC[C@@]1(C(=O)NCc2cccc(F)c2)C[C@@H]2CC[C@H]1N2C(=O)c1ccoc1. The third kappa shape index (κ3) is 2.93. The number of nitrogens with one attached hydrogen (secondary N) is 1. The highest BCUT2D eigenvalue weighted by molar-refractivity contribution is 5.96. The largest absolute Gasteiger partial charge is 0.472 e. The normalized spacial score (nSPS) is 26.4. The van der Waals surface area contributed by atoms with Gasteiger partial charge >= 0.3 is 0 Å². The highest BCUT2D eigenvalue weighted by Gasteiger charge is 2.60. The number of carbonyl (C=O) groups excluding carboxylic acids is 2. The van der Waals surface area contributed by atoms with Crippen molar-refractivity contribution in [2.75, 3.05) is 0 Å². The van der Waals surface area contributed by atoms with Crippen LogP contribution in [0.15, 0.2) is 47.3 Å². The van der Waals surface area contributed by atoms with Crippen LogP contribution in [0.25, 0.3) is 0 Å². The molecule has 1 N–H and O–H groups in total. The Balaban J connectivity index is 1.52. The molecule has 0 spiro atoms. The summed E-state index contributed by atoms with van der Waals surface area (Å²) in [4.78, 5) is 27.9. The fourth-order valence-electron chi connectivity index (χ4n) is 4.81. The van der Waals surface area contributed by atoms with Gasteiger partial charge in [-0.2, -0.15) is 0 Å². The molecule has 0 radical (unpaired) electrons. The molecule has 2 aromatic rings. The molecule has 2 aliphatic heterocycles. The van der Waals surface area contributed by atoms with E-state index in [0.29, 0.717) is 18.4 Å². The summed E-state index contributed by atoms with van der Waals surface area (Å²) >= 11 is 0. The molecule has 1 aromatic heterocycles. The lowest BCUT2D eigenvalue weighted by atomic mass is 9.71. The van der Waals surface area contributed by atoms with E-state index in [9.17, 15) is 14.0 Å². The van der Waals surface area contributed by atoms with Crippen molar-refractivity contribution in [3.05, 3.63) is 59.8 Å². The Hall–Kier alpha value is -2.63. The van der Waals surface area contributed by atoms with Gasteiger partial charge in [0.15, 0.2) is 0 Å². The molecule has 142 valence electrons. The van der Waals surface area contributed by atoms with Gasteiger partial charge in [0.2, 0.25) is 5.91 Å². The fourth-order valence-corrected chi connectivity index (χ4v) is 4.81. The van der Waals surface area contributed by atoms with Crippen molar-refractivity contribution in [3.63, 3.8) is 0 Å². The van der Waals surface area contributed by atoms with Crippen LogP contribution in [-0.4, -0.2) is 28.8 Å². The van der Waals surface area contributed by atoms with E-state index in [-0.39, 0.29) is 36.3 Å². The molecule has 2 fully saturated rings. The molecule has 27 heavy (non-hydrogen) atoms. The van der Waals surface area contributed by atoms with Gasteiger partial charge in [0.25, 0.3) is 5.91 Å². The van der Waals surface area contributed by atoms with Gasteiger partial charge in [-0.05, 0) is 49.4 Å². The Morgan fingerprint density at radius 1 is 1.33 bits per heavy atom. The topological polar surface area (TPSA) is 62.6 Å². The van der Waals surface area contributed by atoms with E-state index >= 15 is 0 Å². The molecule has 5 nitrogen and oxygen atoms in total. The van der Waals surface area contributed by atoms with Crippen molar-refractivity contribution >= 4 is 11.8 Å². The molecule has 3 heterocycles. The number of furan rings is 1. The number of nitrogens with zero attached hydrogens (tertiary/aromatic N) is 1. The van der Waals surface area contributed by atoms with Crippen molar-refractivity contribution in [3.8, 4) is 0 Å². The molecule has 2 amide bonds. The maximum absolute atomic E-state index is 13.4. The first kappa shape index (κ1) is 17.8. The average Bonchev–Trinajstić information content (AvgIpc) is 3.40. The van der Waals surface area contributed by atoms with Crippen molar-refractivity contribution in [1.82, 2.24) is 10.2 Å². The number of benzene rings is 1. The zero-order chi connectivity index (χ0) is 19.0. The van der Waals surface area contributed by atoms with Crippen molar-refractivity contribution in [2.45, 2.75) is 51.2 Å². The van der Waals surface area contributed by atoms with Gasteiger partial charge in [-0.1, -0.05) is 19.1 Å². The van der Waals surface area contributed by atoms with Crippen LogP contribution in [0.1, 0.15) is 48.5 Å². The van der Waals surface area contributed by atoms with Crippen molar-refractivity contribution in [2.24, 2.45) is 5.41 Å². The van der Waals surface area contributed by atoms with Crippen LogP contribution in [0, 0.1) is 11.2 Å². The van der Waals surface area contributed by atoms with Crippen LogP contribution in [0.2, 0.25) is 0 Å². The monoisotopic (exact) mass is 370 g/mol. The van der Waals surface area contributed by atoms with E-state index in [1.165, 1.54) is 24.7 Å². The zero-order valence-corrected chi connectivity index (χ0v) is 15.3. The van der Waals surface area contributed by atoms with Crippen LogP contribution in [0.5, 0.6) is 0 Å². The van der Waals surface area contributed by atoms with Crippen LogP contribution in [-0.2, 0) is 11.3 Å². The lowest BCUT2D eigenvalue weighted by Crippen LogP contribution is -2.49. The van der Waals surface area contributed by atoms with Gasteiger partial charge in [-0.3, -0.25) is 9.59 Å². The standard InChI is InChI=1S/C21H23FN2O3/c1-2-21(20(26)23-12-14-4-3-5-16(22)10-14)11-17-6-7-18(21)24(17)19(25)15-8-9-27-13-15/h3-5,8-10,13,17-18H,2,6-7,11-12H2,1H3,(H,23,26)/t17-,18+,21+/m0/s1. The van der Waals surface area contributed by atoms with Crippen LogP contribution >= 0.6 is 0 Å². The van der Waals surface area contributed by atoms with Gasteiger partial charge in [0, 0.05) is 18.6 Å². The fraction of sp³-hybridized carbons (Fsp3) is 0.429. The average molecular weight is 370 g/mol. The van der Waals surface area contributed by atoms with Crippen LogP contribution < -0.4 is 5.32 Å². The predicted molar refractivity (Wildman–Crippen MR) is 97.3 cm³/mol. The number of rotatable bonds is 5. The molecule has 3 atom stereocenters. The van der Waals surface area contributed by atoms with E-state index in [4.69, 9.17) is 4.42 Å². The number of hydrogen-bond donors (Lipinski definition) is 1. The van der Waals surface area contributed by atoms with Gasteiger partial charge in [0.1, 0.15) is 12.1 Å². The Kier molecular flexibility index (Phi) is 4.50. The Bertz CT molecular complexity index is 851. The van der Waals surface area contributed by atoms with E-state index in [1.807, 2.05) is 11.8 Å². The molecule has 6 heteroatoms. The van der Waals surface area contributed by atoms with Crippen LogP contribution in [0.4, 0.5) is 4.39 Å². The molecule has 2 bridgehead atoms. The van der Waals surface area contributed by atoms with E-state index in [2.05, 4.69) is 5.32 Å². The molecular formula is C21H23FN2O3. The lowest BCUT2D eigenvalue weighted by molar-refractivity contribution is -0.133. The summed E-state index contributed by atoms with van der Waals surface area (Å²) in [6.45, 7) is 2.29. The number of carbonyl (C=O) groups is 2. The Morgan fingerprint density at radius 2 is 2.19 bits per heavy atom. The first-order chi connectivity index (χ1) is 13.0. The second-order valence-electron chi connectivity index (χ2n) is 7.50. The third-order valence-electron chi connectivity index (χ3n) is 6.17. The first-order valence-corrected chi connectivity index (χ1v) is 9.43. The highest BCUT2D eigenvalue weighted by atomic mass is 19.1. The van der Waals surface area contributed by atoms with E-state index < -0.39 is 5.41 Å². The van der Waals surface area contributed by atoms with Crippen LogP contribution in [0.3, 0.4) is 0 Å². The maximum Gasteiger partial charge on any atom is 0.257 e. The summed E-state index contributed by atoms with van der Waals surface area (Å²) in [5.41, 5.74) is 0.665. The molecule has 0 saturated carbocycles. The number of amides is 2. The van der Waals surface area contributed by atoms with E-state index in [0.717, 1.165) is 18.4 Å². The maximum atomic E-state index is 13.4. The minimum atomic E-state index is -0.588. The van der Waals surface area contributed by atoms with Gasteiger partial charge in [-0.25, -0.2) is 4.39 Å². The molecule has 0 unspecified atom stereocenters. The van der Waals surface area contributed by atoms with Gasteiger partial charge in [0.05, 0.1) is 17.2 Å². The number of halogens is 1. The summed E-state index contributed by atoms with van der Waals surface area (Å²) in [7, 11) is 0. The first-order valence-electron chi connectivity index (χ1n) is 9.43. The second-order valence-corrected chi connectivity index (χ2v) is 7.50. The predicted octanol–water partition coefficient (Wildman–Crippen LogP) is 3.51. The quantitative estimate of drug-likeness (QED) is 0.876. The van der Waals surface area contributed by atoms with Gasteiger partial charge in [-0.15, -0.1) is 0 Å². The molecule has 0 aliphatic carbocycles. The zero-order valence-electron chi connectivity index (χ0n) is 15.3. The summed E-state index contributed by atoms with van der Waals surface area (Å²) < 4.78 is 18.4. The Labute approximate surface area is 157 Å². The minimum absolute atomic E-state index is 0.0496. The summed E-state index contributed by atoms with van der Waals surface area (Å²) in [5, 5.41) is 2.98. The molecule has 2 saturated heterocycles. The third-order valence-corrected chi connectivity index (χ3v) is 6.17. The highest BCUT2D eigenvalue weighted by Crippen LogP contribution is 2.52. The van der Waals surface area contributed by atoms with E-state index in [1.54, 1.807) is 18.2 Å². The molecular weight excluding hydrogens is 347 g/mol. The number of fused-ring (bicyclic) bond motifs is 2. The van der Waals surface area contributed by atoms with Gasteiger partial charge < -0.3 is 14.6 Å². The second kappa shape index (κ2) is 6.83. The number of hydrogen-bond acceptors (Lipinski definition) is 3. The summed E-state index contributed by atoms with van der Waals surface area (Å²) in [6.07, 6.45) is 6.04. The summed E-state index contributed by atoms with van der Waals surface area (Å²) in [6, 6.07) is 7.87. The molecule has 2 aliphatic rings. The molecule has 4 rings (SSSR count). The Morgan fingerprint density at radius 3 is 2.89 bits per heavy atom. The smallest absolute Gasteiger partial charge is 0.257 e. The lowest BCUT2D eigenvalue weighted by Gasteiger charge is -2.35. The summed E-state index contributed by atoms with van der Waals surface area (Å²) in [5.74, 6) is -0.431. The molecule has 1 aromatic carbocycles. The van der Waals surface area contributed by atoms with Crippen molar-refractivity contribution in [1.29, 1.82) is 0 Å².